The second-order valence-electron chi connectivity index (χ2n) is 4.13. The van der Waals surface area contributed by atoms with E-state index in [-0.39, 0.29) is 0 Å². The molecule has 1 N–H and O–H groups in total. The van der Waals surface area contributed by atoms with Gasteiger partial charge in [0.25, 0.3) is 0 Å². The Morgan fingerprint density at radius 3 is 3.00 bits per heavy atom. The molecule has 14 heavy (non-hydrogen) atoms. The number of methoxy groups -OCH3 is 1. The normalized spacial score (nSPS) is 25.1. The Labute approximate surface area is 84.5 Å². The maximum absolute atomic E-state index is 10.3. The van der Waals surface area contributed by atoms with Gasteiger partial charge in [0.15, 0.2) is 0 Å². The highest BCUT2D eigenvalue weighted by atomic mass is 16.5. The molecule has 1 aromatic carbocycles. The first-order chi connectivity index (χ1) is 6.65. The minimum Gasteiger partial charge on any atom is -0.383 e. The third kappa shape index (κ3) is 1.45. The zero-order valence-electron chi connectivity index (χ0n) is 8.71. The van der Waals surface area contributed by atoms with Crippen LogP contribution in [0.15, 0.2) is 18.2 Å². The van der Waals surface area contributed by atoms with Crippen molar-refractivity contribution in [3.63, 3.8) is 0 Å². The summed E-state index contributed by atoms with van der Waals surface area (Å²) >= 11 is 0. The van der Waals surface area contributed by atoms with Gasteiger partial charge in [-0.25, -0.2) is 0 Å². The third-order valence-corrected chi connectivity index (χ3v) is 2.96. The molecule has 0 aromatic heterocycles. The summed E-state index contributed by atoms with van der Waals surface area (Å²) in [6.07, 6.45) is 1.73. The average molecular weight is 192 g/mol. The second-order valence-corrected chi connectivity index (χ2v) is 4.13. The minimum absolute atomic E-state index is 0.392. The summed E-state index contributed by atoms with van der Waals surface area (Å²) in [6, 6.07) is 6.27. The van der Waals surface area contributed by atoms with Crippen LogP contribution in [0.5, 0.6) is 0 Å². The van der Waals surface area contributed by atoms with E-state index in [1.54, 1.807) is 7.11 Å². The van der Waals surface area contributed by atoms with Crippen molar-refractivity contribution in [1.82, 2.24) is 0 Å². The van der Waals surface area contributed by atoms with Crippen LogP contribution in [-0.2, 0) is 16.8 Å². The van der Waals surface area contributed by atoms with E-state index in [0.29, 0.717) is 6.61 Å². The summed E-state index contributed by atoms with van der Waals surface area (Å²) in [5.41, 5.74) is 2.76. The van der Waals surface area contributed by atoms with Crippen molar-refractivity contribution in [2.45, 2.75) is 25.4 Å². The lowest BCUT2D eigenvalue weighted by Crippen LogP contribution is -2.28. The molecule has 0 radical (unpaired) electrons. The summed E-state index contributed by atoms with van der Waals surface area (Å²) in [4.78, 5) is 0. The highest BCUT2D eigenvalue weighted by Crippen LogP contribution is 2.37. The monoisotopic (exact) mass is 192 g/mol. The van der Waals surface area contributed by atoms with Crippen molar-refractivity contribution in [1.29, 1.82) is 0 Å². The Hall–Kier alpha value is -0.860. The summed E-state index contributed by atoms with van der Waals surface area (Å²) in [6.45, 7) is 2.44. The Morgan fingerprint density at radius 2 is 2.29 bits per heavy atom. The number of hydrogen-bond acceptors (Lipinski definition) is 2. The zero-order chi connectivity index (χ0) is 10.2. The molecule has 2 rings (SSSR count). The molecule has 1 aliphatic rings. The van der Waals surface area contributed by atoms with Crippen LogP contribution in [0.25, 0.3) is 0 Å². The third-order valence-electron chi connectivity index (χ3n) is 2.96. The van der Waals surface area contributed by atoms with E-state index in [4.69, 9.17) is 4.74 Å². The number of fused-ring (bicyclic) bond motifs is 1. The molecule has 1 unspecified atom stereocenters. The molecule has 0 heterocycles. The first-order valence-corrected chi connectivity index (χ1v) is 4.97. The van der Waals surface area contributed by atoms with Gasteiger partial charge in [0.2, 0.25) is 0 Å². The summed E-state index contributed by atoms with van der Waals surface area (Å²) in [5.74, 6) is 0. The van der Waals surface area contributed by atoms with Crippen molar-refractivity contribution in [3.8, 4) is 0 Å². The fourth-order valence-corrected chi connectivity index (χ4v) is 2.21. The van der Waals surface area contributed by atoms with E-state index < -0.39 is 5.60 Å². The van der Waals surface area contributed by atoms with Crippen LogP contribution in [0.1, 0.15) is 23.1 Å². The Bertz CT molecular complexity index is 342. The lowest BCUT2D eigenvalue weighted by atomic mass is 9.96. The Balaban J connectivity index is 2.41. The summed E-state index contributed by atoms with van der Waals surface area (Å²) < 4.78 is 5.08. The van der Waals surface area contributed by atoms with Crippen LogP contribution < -0.4 is 0 Å². The van der Waals surface area contributed by atoms with Gasteiger partial charge in [-0.2, -0.15) is 0 Å². The molecule has 0 amide bonds. The van der Waals surface area contributed by atoms with Gasteiger partial charge < -0.3 is 9.84 Å². The Kier molecular flexibility index (Phi) is 2.33. The molecular formula is C12H16O2. The van der Waals surface area contributed by atoms with Gasteiger partial charge >= 0.3 is 0 Å². The SMILES string of the molecule is COCC1(O)CCc2ccc(C)cc21. The highest BCUT2D eigenvalue weighted by molar-refractivity contribution is 5.40. The molecule has 0 saturated carbocycles. The van der Waals surface area contributed by atoms with Gasteiger partial charge in [0.1, 0.15) is 5.60 Å². The van der Waals surface area contributed by atoms with Gasteiger partial charge in [-0.15, -0.1) is 0 Å². The largest absolute Gasteiger partial charge is 0.383 e. The number of rotatable bonds is 2. The van der Waals surface area contributed by atoms with E-state index in [1.165, 1.54) is 11.1 Å². The molecule has 1 atom stereocenters. The highest BCUT2D eigenvalue weighted by Gasteiger charge is 2.36. The number of aliphatic hydroxyl groups is 1. The molecule has 1 aliphatic carbocycles. The molecule has 0 saturated heterocycles. The van der Waals surface area contributed by atoms with E-state index in [1.807, 2.05) is 6.92 Å². The molecule has 1 aromatic rings. The van der Waals surface area contributed by atoms with Gasteiger partial charge in [-0.3, -0.25) is 0 Å². The molecule has 2 nitrogen and oxygen atoms in total. The molecule has 2 heteroatoms. The van der Waals surface area contributed by atoms with E-state index in [2.05, 4.69) is 18.2 Å². The van der Waals surface area contributed by atoms with Gasteiger partial charge in [0, 0.05) is 7.11 Å². The summed E-state index contributed by atoms with van der Waals surface area (Å²) in [5, 5.41) is 10.3. The Morgan fingerprint density at radius 1 is 1.50 bits per heavy atom. The number of aryl methyl sites for hydroxylation is 2. The number of ether oxygens (including phenoxy) is 1. The van der Waals surface area contributed by atoms with Crippen LogP contribution in [-0.4, -0.2) is 18.8 Å². The second kappa shape index (κ2) is 3.37. The number of hydrogen-bond donors (Lipinski definition) is 1. The van der Waals surface area contributed by atoms with Crippen molar-refractivity contribution in [2.75, 3.05) is 13.7 Å². The van der Waals surface area contributed by atoms with Crippen LogP contribution in [0.2, 0.25) is 0 Å². The maximum atomic E-state index is 10.3. The average Bonchev–Trinajstić information content (AvgIpc) is 2.45. The zero-order valence-corrected chi connectivity index (χ0v) is 8.71. The molecule has 76 valence electrons. The van der Waals surface area contributed by atoms with E-state index >= 15 is 0 Å². The van der Waals surface area contributed by atoms with Crippen LogP contribution in [0.4, 0.5) is 0 Å². The lowest BCUT2D eigenvalue weighted by Gasteiger charge is -2.23. The van der Waals surface area contributed by atoms with Crippen LogP contribution in [0, 0.1) is 6.92 Å². The standard InChI is InChI=1S/C12H16O2/c1-9-3-4-10-5-6-12(13,8-14-2)11(10)7-9/h3-4,7,13H,5-6,8H2,1-2H3. The van der Waals surface area contributed by atoms with Crippen LogP contribution >= 0.6 is 0 Å². The van der Waals surface area contributed by atoms with Crippen molar-refractivity contribution < 1.29 is 9.84 Å². The molecule has 0 spiro atoms. The predicted molar refractivity (Wildman–Crippen MR) is 55.3 cm³/mol. The first-order valence-electron chi connectivity index (χ1n) is 4.97. The first kappa shape index (κ1) is 9.69. The number of benzene rings is 1. The van der Waals surface area contributed by atoms with Crippen molar-refractivity contribution in [2.24, 2.45) is 0 Å². The van der Waals surface area contributed by atoms with E-state index in [0.717, 1.165) is 18.4 Å². The molecule has 0 bridgehead atoms. The van der Waals surface area contributed by atoms with E-state index in [9.17, 15) is 5.11 Å². The molecular weight excluding hydrogens is 176 g/mol. The quantitative estimate of drug-likeness (QED) is 0.774. The molecule has 0 fully saturated rings. The smallest absolute Gasteiger partial charge is 0.113 e. The maximum Gasteiger partial charge on any atom is 0.113 e. The minimum atomic E-state index is -0.754. The fraction of sp³-hybridized carbons (Fsp3) is 0.500. The van der Waals surface area contributed by atoms with Crippen molar-refractivity contribution in [3.05, 3.63) is 34.9 Å². The molecule has 0 aliphatic heterocycles. The van der Waals surface area contributed by atoms with Gasteiger partial charge in [-0.05, 0) is 30.9 Å². The van der Waals surface area contributed by atoms with Crippen LogP contribution in [0.3, 0.4) is 0 Å². The van der Waals surface area contributed by atoms with Crippen molar-refractivity contribution >= 4 is 0 Å². The topological polar surface area (TPSA) is 29.5 Å². The fourth-order valence-electron chi connectivity index (χ4n) is 2.21. The summed E-state index contributed by atoms with van der Waals surface area (Å²) in [7, 11) is 1.63. The van der Waals surface area contributed by atoms with Gasteiger partial charge in [-0.1, -0.05) is 23.8 Å². The predicted octanol–water partition coefficient (Wildman–Crippen LogP) is 1.78. The lowest BCUT2D eigenvalue weighted by molar-refractivity contribution is -0.0341. The van der Waals surface area contributed by atoms with Gasteiger partial charge in [0.05, 0.1) is 6.61 Å².